The summed E-state index contributed by atoms with van der Waals surface area (Å²) in [5.41, 5.74) is 1.42. The number of para-hydroxylation sites is 2. The number of methoxy groups -OCH3 is 1. The summed E-state index contributed by atoms with van der Waals surface area (Å²) in [5.74, 6) is 0.412. The fourth-order valence-corrected chi connectivity index (χ4v) is 6.39. The van der Waals surface area contributed by atoms with Crippen molar-refractivity contribution in [1.82, 2.24) is 4.90 Å². The lowest BCUT2D eigenvalue weighted by Crippen LogP contribution is -2.49. The molecule has 4 aliphatic carbocycles. The standard InChI is InChI=1S/C27H26N2O4/c1-33-22-10-6-5-9-20(22)28-25(30)21(13-15-7-3-2-4-8-15)29-26(31)23-16-11-12-17(19-14-18(16)19)24(23)27(29)32/h2-12,16-19,21,23-24H,13-14H2,1H3,(H,28,30)/t16-,17-,18-,19-,21-,23-,24+/m1/s1. The van der Waals surface area contributed by atoms with Crippen LogP contribution < -0.4 is 10.1 Å². The van der Waals surface area contributed by atoms with Crippen LogP contribution in [0.5, 0.6) is 5.75 Å². The van der Waals surface area contributed by atoms with Gasteiger partial charge in [0, 0.05) is 6.42 Å². The number of amides is 3. The van der Waals surface area contributed by atoms with Gasteiger partial charge in [0.2, 0.25) is 17.7 Å². The van der Waals surface area contributed by atoms with Gasteiger partial charge in [-0.05, 0) is 47.8 Å². The molecule has 2 saturated carbocycles. The van der Waals surface area contributed by atoms with E-state index in [2.05, 4.69) is 17.5 Å². The summed E-state index contributed by atoms with van der Waals surface area (Å²) in [6.07, 6.45) is 5.68. The van der Waals surface area contributed by atoms with E-state index in [1.807, 2.05) is 36.4 Å². The predicted octanol–water partition coefficient (Wildman–Crippen LogP) is 3.30. The number of nitrogens with one attached hydrogen (secondary N) is 1. The Kier molecular flexibility index (Phi) is 4.64. The minimum atomic E-state index is -0.918. The van der Waals surface area contributed by atoms with Crippen LogP contribution in [0, 0.1) is 35.5 Å². The van der Waals surface area contributed by atoms with E-state index in [0.29, 0.717) is 23.3 Å². The zero-order chi connectivity index (χ0) is 22.7. The number of ether oxygens (including phenoxy) is 1. The highest BCUT2D eigenvalue weighted by Gasteiger charge is 2.67. The van der Waals surface area contributed by atoms with Crippen LogP contribution in [0.2, 0.25) is 0 Å². The minimum Gasteiger partial charge on any atom is -0.495 e. The van der Waals surface area contributed by atoms with Crippen molar-refractivity contribution in [3.05, 3.63) is 72.3 Å². The number of carbonyl (C=O) groups excluding carboxylic acids is 3. The lowest BCUT2D eigenvalue weighted by Gasteiger charge is -2.37. The summed E-state index contributed by atoms with van der Waals surface area (Å²) in [4.78, 5) is 42.2. The van der Waals surface area contributed by atoms with Crippen molar-refractivity contribution in [2.24, 2.45) is 35.5 Å². The molecular weight excluding hydrogens is 416 g/mol. The molecule has 6 heteroatoms. The van der Waals surface area contributed by atoms with E-state index in [0.717, 1.165) is 12.0 Å². The smallest absolute Gasteiger partial charge is 0.248 e. The Morgan fingerprint density at radius 1 is 0.970 bits per heavy atom. The summed E-state index contributed by atoms with van der Waals surface area (Å²) in [6.45, 7) is 0. The molecule has 1 aliphatic heterocycles. The Balaban J connectivity index is 1.34. The number of hydrogen-bond donors (Lipinski definition) is 1. The van der Waals surface area contributed by atoms with E-state index in [1.165, 1.54) is 4.90 Å². The first-order valence-electron chi connectivity index (χ1n) is 11.6. The first kappa shape index (κ1) is 20.2. The van der Waals surface area contributed by atoms with Crippen molar-refractivity contribution in [2.75, 3.05) is 12.4 Å². The van der Waals surface area contributed by atoms with Gasteiger partial charge in [-0.25, -0.2) is 0 Å². The van der Waals surface area contributed by atoms with Crippen molar-refractivity contribution in [2.45, 2.75) is 18.9 Å². The highest BCUT2D eigenvalue weighted by Crippen LogP contribution is 2.65. The Labute approximate surface area is 192 Å². The van der Waals surface area contributed by atoms with Crippen molar-refractivity contribution >= 4 is 23.4 Å². The molecule has 5 aliphatic rings. The number of hydrogen-bond acceptors (Lipinski definition) is 4. The van der Waals surface area contributed by atoms with Gasteiger partial charge in [-0.1, -0.05) is 54.6 Å². The number of benzene rings is 2. The van der Waals surface area contributed by atoms with Crippen molar-refractivity contribution < 1.29 is 19.1 Å². The Morgan fingerprint density at radius 3 is 2.21 bits per heavy atom. The quantitative estimate of drug-likeness (QED) is 0.550. The molecular formula is C27H26N2O4. The molecule has 168 valence electrons. The van der Waals surface area contributed by atoms with Crippen molar-refractivity contribution in [3.8, 4) is 5.75 Å². The van der Waals surface area contributed by atoms with Gasteiger partial charge in [-0.2, -0.15) is 0 Å². The molecule has 6 nitrogen and oxygen atoms in total. The number of allylic oxidation sites excluding steroid dienone is 2. The second-order valence-corrected chi connectivity index (χ2v) is 9.60. The highest BCUT2D eigenvalue weighted by molar-refractivity contribution is 6.11. The van der Waals surface area contributed by atoms with E-state index in [1.54, 1.807) is 25.3 Å². The molecule has 0 unspecified atom stereocenters. The van der Waals surface area contributed by atoms with Crippen LogP contribution in [0.15, 0.2) is 66.7 Å². The van der Waals surface area contributed by atoms with Gasteiger partial charge in [0.15, 0.2) is 0 Å². The van der Waals surface area contributed by atoms with Gasteiger partial charge in [-0.3, -0.25) is 19.3 Å². The molecule has 7 rings (SSSR count). The number of likely N-dealkylation sites (tertiary alicyclic amines) is 1. The van der Waals surface area contributed by atoms with E-state index in [4.69, 9.17) is 4.74 Å². The molecule has 2 bridgehead atoms. The van der Waals surface area contributed by atoms with Crippen LogP contribution in [0.1, 0.15) is 12.0 Å². The highest BCUT2D eigenvalue weighted by atomic mass is 16.5. The summed E-state index contributed by atoms with van der Waals surface area (Å²) >= 11 is 0. The lowest BCUT2D eigenvalue weighted by atomic mass is 9.63. The van der Waals surface area contributed by atoms with Gasteiger partial charge in [0.1, 0.15) is 11.8 Å². The van der Waals surface area contributed by atoms with E-state index in [-0.39, 0.29) is 47.8 Å². The van der Waals surface area contributed by atoms with Crippen molar-refractivity contribution in [1.29, 1.82) is 0 Å². The fraction of sp³-hybridized carbons (Fsp3) is 0.370. The van der Waals surface area contributed by atoms with Crippen LogP contribution in [-0.2, 0) is 20.8 Å². The molecule has 1 saturated heterocycles. The molecule has 7 atom stereocenters. The van der Waals surface area contributed by atoms with Crippen LogP contribution in [-0.4, -0.2) is 35.8 Å². The summed E-state index contributed by atoms with van der Waals surface area (Å²) < 4.78 is 5.37. The summed E-state index contributed by atoms with van der Waals surface area (Å²) in [5, 5.41) is 2.91. The van der Waals surface area contributed by atoms with Crippen molar-refractivity contribution in [3.63, 3.8) is 0 Å². The zero-order valence-corrected chi connectivity index (χ0v) is 18.4. The van der Waals surface area contributed by atoms with Crippen LogP contribution in [0.4, 0.5) is 5.69 Å². The van der Waals surface area contributed by atoms with E-state index < -0.39 is 6.04 Å². The van der Waals surface area contributed by atoms with Crippen LogP contribution in [0.25, 0.3) is 0 Å². The maximum absolute atomic E-state index is 13.7. The third-order valence-corrected chi connectivity index (χ3v) is 7.95. The normalized spacial score (nSPS) is 31.7. The lowest BCUT2D eigenvalue weighted by molar-refractivity contribution is -0.146. The molecule has 0 spiro atoms. The minimum absolute atomic E-state index is 0.126. The number of anilines is 1. The largest absolute Gasteiger partial charge is 0.495 e. The maximum Gasteiger partial charge on any atom is 0.248 e. The predicted molar refractivity (Wildman–Crippen MR) is 122 cm³/mol. The summed E-state index contributed by atoms with van der Waals surface area (Å²) in [6, 6.07) is 15.8. The van der Waals surface area contributed by atoms with Crippen LogP contribution >= 0.6 is 0 Å². The average molecular weight is 443 g/mol. The van der Waals surface area contributed by atoms with Gasteiger partial charge >= 0.3 is 0 Å². The third-order valence-electron chi connectivity index (χ3n) is 7.95. The molecule has 3 fully saturated rings. The first-order chi connectivity index (χ1) is 16.1. The number of carbonyl (C=O) groups is 3. The Morgan fingerprint density at radius 2 is 1.58 bits per heavy atom. The monoisotopic (exact) mass is 442 g/mol. The topological polar surface area (TPSA) is 75.7 Å². The number of rotatable bonds is 6. The zero-order valence-electron chi connectivity index (χ0n) is 18.4. The maximum atomic E-state index is 13.7. The molecule has 2 aromatic rings. The van der Waals surface area contributed by atoms with Gasteiger partial charge in [-0.15, -0.1) is 0 Å². The number of nitrogens with zero attached hydrogens (tertiary/aromatic N) is 1. The molecule has 3 amide bonds. The van der Waals surface area contributed by atoms with Gasteiger partial charge < -0.3 is 10.1 Å². The second-order valence-electron chi connectivity index (χ2n) is 9.60. The molecule has 1 heterocycles. The molecule has 1 N–H and O–H groups in total. The van der Waals surface area contributed by atoms with E-state index >= 15 is 0 Å². The molecule has 0 radical (unpaired) electrons. The second kappa shape index (κ2) is 7.58. The first-order valence-corrected chi connectivity index (χ1v) is 11.6. The number of imide groups is 1. The summed E-state index contributed by atoms with van der Waals surface area (Å²) in [7, 11) is 1.54. The molecule has 33 heavy (non-hydrogen) atoms. The third kappa shape index (κ3) is 3.11. The Hall–Kier alpha value is -3.41. The fourth-order valence-electron chi connectivity index (χ4n) is 6.39. The average Bonchev–Trinajstić information content (AvgIpc) is 3.62. The molecule has 0 aromatic heterocycles. The van der Waals surface area contributed by atoms with Crippen LogP contribution in [0.3, 0.4) is 0 Å². The SMILES string of the molecule is COc1ccccc1NC(=O)[C@@H](Cc1ccccc1)N1C(=O)[C@@H]2[C@@H]3C=C[C@H]([C@H]4C[C@H]34)[C@@H]2C1=O. The van der Waals surface area contributed by atoms with Gasteiger partial charge in [0.05, 0.1) is 24.6 Å². The van der Waals surface area contributed by atoms with Gasteiger partial charge in [0.25, 0.3) is 0 Å². The Bertz CT molecular complexity index is 1120. The van der Waals surface area contributed by atoms with E-state index in [9.17, 15) is 14.4 Å². The molecule has 2 aromatic carbocycles.